The van der Waals surface area contributed by atoms with Gasteiger partial charge in [-0.3, -0.25) is 9.89 Å². The molecule has 0 aliphatic carbocycles. The quantitative estimate of drug-likeness (QED) is 0.649. The van der Waals surface area contributed by atoms with Crippen LogP contribution < -0.4 is 4.74 Å². The SMILES string of the molecule is CCOc1ccc(C(=O)CSc2n[nH]c(C)n2)cc1. The number of aryl methyl sites for hydroxylation is 1. The van der Waals surface area contributed by atoms with Crippen molar-refractivity contribution in [2.45, 2.75) is 19.0 Å². The minimum atomic E-state index is 0.0514. The van der Waals surface area contributed by atoms with E-state index in [4.69, 9.17) is 4.74 Å². The highest BCUT2D eigenvalue weighted by molar-refractivity contribution is 7.99. The first-order chi connectivity index (χ1) is 9.19. The van der Waals surface area contributed by atoms with E-state index in [1.54, 1.807) is 24.3 Å². The fraction of sp³-hybridized carbons (Fsp3) is 0.308. The summed E-state index contributed by atoms with van der Waals surface area (Å²) in [5, 5.41) is 7.31. The molecule has 0 amide bonds. The molecule has 1 aromatic heterocycles. The number of nitrogens with zero attached hydrogens (tertiary/aromatic N) is 2. The molecule has 0 saturated carbocycles. The molecule has 0 fully saturated rings. The Hall–Kier alpha value is -1.82. The van der Waals surface area contributed by atoms with Crippen molar-refractivity contribution < 1.29 is 9.53 Å². The van der Waals surface area contributed by atoms with E-state index >= 15 is 0 Å². The molecule has 1 N–H and O–H groups in total. The van der Waals surface area contributed by atoms with E-state index in [0.717, 1.165) is 11.6 Å². The van der Waals surface area contributed by atoms with Crippen LogP contribution in [-0.4, -0.2) is 33.3 Å². The molecule has 1 heterocycles. The lowest BCUT2D eigenvalue weighted by atomic mass is 10.1. The summed E-state index contributed by atoms with van der Waals surface area (Å²) < 4.78 is 5.33. The molecule has 0 aliphatic rings. The maximum Gasteiger partial charge on any atom is 0.208 e. The van der Waals surface area contributed by atoms with Gasteiger partial charge in [0.1, 0.15) is 11.6 Å². The van der Waals surface area contributed by atoms with Crippen molar-refractivity contribution in [2.24, 2.45) is 0 Å². The number of aromatic nitrogens is 3. The summed E-state index contributed by atoms with van der Waals surface area (Å²) >= 11 is 1.32. The van der Waals surface area contributed by atoms with Crippen LogP contribution in [0.25, 0.3) is 0 Å². The number of carbonyl (C=O) groups is 1. The number of hydrogen-bond acceptors (Lipinski definition) is 5. The Bertz CT molecular complexity index is 551. The minimum absolute atomic E-state index is 0.0514. The number of ketones is 1. The van der Waals surface area contributed by atoms with Gasteiger partial charge in [0.2, 0.25) is 5.16 Å². The molecule has 0 spiro atoms. The van der Waals surface area contributed by atoms with Gasteiger partial charge in [-0.2, -0.15) is 0 Å². The molecule has 5 nitrogen and oxygen atoms in total. The van der Waals surface area contributed by atoms with Gasteiger partial charge < -0.3 is 4.74 Å². The summed E-state index contributed by atoms with van der Waals surface area (Å²) in [7, 11) is 0. The standard InChI is InChI=1S/C13H15N3O2S/c1-3-18-11-6-4-10(5-7-11)12(17)8-19-13-14-9(2)15-16-13/h4-7H,3,8H2,1-2H3,(H,14,15,16). The van der Waals surface area contributed by atoms with Gasteiger partial charge in [-0.15, -0.1) is 5.10 Å². The lowest BCUT2D eigenvalue weighted by molar-refractivity contribution is 0.102. The Labute approximate surface area is 115 Å². The molecule has 100 valence electrons. The Morgan fingerprint density at radius 3 is 2.68 bits per heavy atom. The molecule has 0 radical (unpaired) electrons. The van der Waals surface area contributed by atoms with E-state index < -0.39 is 0 Å². The summed E-state index contributed by atoms with van der Waals surface area (Å²) in [6.07, 6.45) is 0. The van der Waals surface area contributed by atoms with Crippen LogP contribution in [0.2, 0.25) is 0 Å². The third kappa shape index (κ3) is 3.82. The van der Waals surface area contributed by atoms with Gasteiger partial charge in [-0.25, -0.2) is 4.98 Å². The number of hydrogen-bond donors (Lipinski definition) is 1. The zero-order valence-electron chi connectivity index (χ0n) is 10.8. The zero-order chi connectivity index (χ0) is 13.7. The number of H-pyrrole nitrogens is 1. The van der Waals surface area contributed by atoms with Crippen molar-refractivity contribution in [3.05, 3.63) is 35.7 Å². The van der Waals surface area contributed by atoms with Gasteiger partial charge in [0.25, 0.3) is 0 Å². The van der Waals surface area contributed by atoms with E-state index in [1.165, 1.54) is 11.8 Å². The van der Waals surface area contributed by atoms with E-state index in [1.807, 2.05) is 13.8 Å². The maximum atomic E-state index is 12.0. The first-order valence-corrected chi connectivity index (χ1v) is 6.95. The topological polar surface area (TPSA) is 67.9 Å². The van der Waals surface area contributed by atoms with Crippen LogP contribution in [0, 0.1) is 6.92 Å². The normalized spacial score (nSPS) is 10.4. The van der Waals surface area contributed by atoms with Crippen LogP contribution in [0.15, 0.2) is 29.4 Å². The van der Waals surface area contributed by atoms with E-state index in [0.29, 0.717) is 23.1 Å². The number of ether oxygens (including phenoxy) is 1. The largest absolute Gasteiger partial charge is 0.494 e. The fourth-order valence-electron chi connectivity index (χ4n) is 1.50. The lowest BCUT2D eigenvalue weighted by Crippen LogP contribution is -2.02. The van der Waals surface area contributed by atoms with Gasteiger partial charge in [0.15, 0.2) is 5.78 Å². The van der Waals surface area contributed by atoms with Crippen LogP contribution in [0.1, 0.15) is 23.1 Å². The van der Waals surface area contributed by atoms with Gasteiger partial charge in [0.05, 0.1) is 12.4 Å². The Morgan fingerprint density at radius 1 is 1.37 bits per heavy atom. The number of nitrogens with one attached hydrogen (secondary N) is 1. The highest BCUT2D eigenvalue weighted by atomic mass is 32.2. The Kier molecular flexibility index (Phi) is 4.57. The van der Waals surface area contributed by atoms with Crippen LogP contribution >= 0.6 is 11.8 Å². The van der Waals surface area contributed by atoms with Gasteiger partial charge >= 0.3 is 0 Å². The molecule has 1 aromatic carbocycles. The number of aromatic amines is 1. The average molecular weight is 277 g/mol. The molecule has 0 atom stereocenters. The molecular weight excluding hydrogens is 262 g/mol. The first kappa shape index (κ1) is 13.6. The van der Waals surface area contributed by atoms with Crippen molar-refractivity contribution in [3.63, 3.8) is 0 Å². The zero-order valence-corrected chi connectivity index (χ0v) is 11.7. The number of rotatable bonds is 6. The molecule has 0 bridgehead atoms. The summed E-state index contributed by atoms with van der Waals surface area (Å²) in [6.45, 7) is 4.37. The first-order valence-electron chi connectivity index (χ1n) is 5.97. The summed E-state index contributed by atoms with van der Waals surface area (Å²) in [4.78, 5) is 16.1. The number of benzene rings is 1. The predicted molar refractivity (Wildman–Crippen MR) is 73.8 cm³/mol. The van der Waals surface area contributed by atoms with Crippen molar-refractivity contribution in [3.8, 4) is 5.75 Å². The molecule has 19 heavy (non-hydrogen) atoms. The van der Waals surface area contributed by atoms with Crippen molar-refractivity contribution >= 4 is 17.5 Å². The smallest absolute Gasteiger partial charge is 0.208 e. The highest BCUT2D eigenvalue weighted by Crippen LogP contribution is 2.17. The monoisotopic (exact) mass is 277 g/mol. The second-order valence-corrected chi connectivity index (χ2v) is 4.82. The molecule has 0 aliphatic heterocycles. The summed E-state index contributed by atoms with van der Waals surface area (Å²) in [5.74, 6) is 1.90. The number of Topliss-reactive ketones (excluding diaryl/α,β-unsaturated/α-hetero) is 1. The van der Waals surface area contributed by atoms with Gasteiger partial charge in [-0.05, 0) is 38.1 Å². The Morgan fingerprint density at radius 2 is 2.11 bits per heavy atom. The van der Waals surface area contributed by atoms with Crippen molar-refractivity contribution in [2.75, 3.05) is 12.4 Å². The van der Waals surface area contributed by atoms with Crippen molar-refractivity contribution in [1.82, 2.24) is 15.2 Å². The third-order valence-electron chi connectivity index (χ3n) is 2.40. The van der Waals surface area contributed by atoms with Crippen LogP contribution in [0.5, 0.6) is 5.75 Å². The molecule has 2 rings (SSSR count). The van der Waals surface area contributed by atoms with Crippen LogP contribution in [0.3, 0.4) is 0 Å². The minimum Gasteiger partial charge on any atom is -0.494 e. The number of carbonyl (C=O) groups excluding carboxylic acids is 1. The second kappa shape index (κ2) is 6.38. The molecule has 2 aromatic rings. The lowest BCUT2D eigenvalue weighted by Gasteiger charge is -2.03. The number of thioether (sulfide) groups is 1. The summed E-state index contributed by atoms with van der Waals surface area (Å²) in [5.41, 5.74) is 0.670. The molecule has 6 heteroatoms. The van der Waals surface area contributed by atoms with Crippen molar-refractivity contribution in [1.29, 1.82) is 0 Å². The van der Waals surface area contributed by atoms with Gasteiger partial charge in [0, 0.05) is 5.56 Å². The highest BCUT2D eigenvalue weighted by Gasteiger charge is 2.09. The predicted octanol–water partition coefficient (Wildman–Crippen LogP) is 2.49. The molecule has 0 saturated heterocycles. The Balaban J connectivity index is 1.92. The van der Waals surface area contributed by atoms with E-state index in [2.05, 4.69) is 15.2 Å². The van der Waals surface area contributed by atoms with Crippen LogP contribution in [0.4, 0.5) is 0 Å². The van der Waals surface area contributed by atoms with E-state index in [9.17, 15) is 4.79 Å². The van der Waals surface area contributed by atoms with Crippen LogP contribution in [-0.2, 0) is 0 Å². The average Bonchev–Trinajstić information content (AvgIpc) is 2.83. The maximum absolute atomic E-state index is 12.0. The molecular formula is C13H15N3O2S. The molecule has 0 unspecified atom stereocenters. The van der Waals surface area contributed by atoms with Gasteiger partial charge in [-0.1, -0.05) is 11.8 Å². The van der Waals surface area contributed by atoms with E-state index in [-0.39, 0.29) is 5.78 Å². The fourth-order valence-corrected chi connectivity index (χ4v) is 2.24. The summed E-state index contributed by atoms with van der Waals surface area (Å²) in [6, 6.07) is 7.16. The second-order valence-electron chi connectivity index (χ2n) is 3.87. The third-order valence-corrected chi connectivity index (χ3v) is 3.24.